The molecule has 2 saturated heterocycles. The van der Waals surface area contributed by atoms with Crippen molar-refractivity contribution in [1.82, 2.24) is 29.3 Å². The van der Waals surface area contributed by atoms with Crippen molar-refractivity contribution in [3.8, 4) is 17.3 Å². The van der Waals surface area contributed by atoms with Gasteiger partial charge in [-0.05, 0) is 100.0 Å². The van der Waals surface area contributed by atoms with Crippen LogP contribution in [0.15, 0.2) is 30.3 Å². The van der Waals surface area contributed by atoms with E-state index in [1.165, 1.54) is 12.8 Å². The van der Waals surface area contributed by atoms with Gasteiger partial charge in [0.25, 0.3) is 5.91 Å². The summed E-state index contributed by atoms with van der Waals surface area (Å²) in [6.07, 6.45) is 7.42. The molecule has 5 aliphatic rings. The number of benzene rings is 1. The highest BCUT2D eigenvalue weighted by Crippen LogP contribution is 2.50. The summed E-state index contributed by atoms with van der Waals surface area (Å²) in [6, 6.07) is 10.3. The van der Waals surface area contributed by atoms with E-state index in [1.54, 1.807) is 7.11 Å². The molecule has 4 bridgehead atoms. The van der Waals surface area contributed by atoms with Gasteiger partial charge in [0.2, 0.25) is 5.91 Å². The summed E-state index contributed by atoms with van der Waals surface area (Å²) in [7, 11) is 3.67. The molecule has 3 aromatic heterocycles. The Kier molecular flexibility index (Phi) is 5.96. The van der Waals surface area contributed by atoms with Gasteiger partial charge in [0.1, 0.15) is 16.9 Å². The zero-order valence-electron chi connectivity index (χ0n) is 26.2. The van der Waals surface area contributed by atoms with Crippen LogP contribution >= 0.6 is 0 Å². The van der Waals surface area contributed by atoms with Gasteiger partial charge in [-0.1, -0.05) is 0 Å². The molecule has 2 saturated carbocycles. The Morgan fingerprint density at radius 2 is 1.87 bits per heavy atom. The van der Waals surface area contributed by atoms with Gasteiger partial charge in [0, 0.05) is 48.6 Å². The standard InChI is InChI=1S/C35H41N7O3/c1-17-26-8-6-20-13-29(41(32(20)38-26)16-22-10-18(22)4-5-19-11-24(19)34(43)37-17)33-39-27-12-21(14-30(45-3)31(27)40(33)2)35(44)42-23-7-9-28(42)25(36)15-23/h6,8,12-14,17-19,22-25,28H,4-5,7,9-11,15-16,36H2,1-3H3,(H,37,43)/t17-,18-,19-,22-,23+,24-,25-,28-/m1/s1. The molecular weight excluding hydrogens is 566 g/mol. The number of aromatic nitrogens is 4. The minimum Gasteiger partial charge on any atom is -0.494 e. The average Bonchev–Trinajstić information content (AvgIpc) is 3.81. The Hall–Kier alpha value is -3.92. The molecule has 1 aromatic carbocycles. The molecule has 234 valence electrons. The molecule has 2 amide bonds. The quantitative estimate of drug-likeness (QED) is 0.353. The molecule has 0 unspecified atom stereocenters. The summed E-state index contributed by atoms with van der Waals surface area (Å²) in [5, 5.41) is 4.28. The second-order valence-corrected chi connectivity index (χ2v) is 14.4. The van der Waals surface area contributed by atoms with Crippen LogP contribution in [0, 0.1) is 23.7 Å². The maximum absolute atomic E-state index is 13.8. The minimum absolute atomic E-state index is 0.0142. The van der Waals surface area contributed by atoms with E-state index in [4.69, 9.17) is 20.4 Å². The topological polar surface area (TPSA) is 120 Å². The van der Waals surface area contributed by atoms with Gasteiger partial charge < -0.3 is 29.8 Å². The van der Waals surface area contributed by atoms with Gasteiger partial charge in [0.05, 0.1) is 30.1 Å². The summed E-state index contributed by atoms with van der Waals surface area (Å²) in [6.45, 7) is 2.91. The number of amides is 2. The number of nitrogens with zero attached hydrogens (tertiary/aromatic N) is 5. The second-order valence-electron chi connectivity index (χ2n) is 14.4. The number of rotatable bonds is 3. The zero-order chi connectivity index (χ0) is 30.7. The monoisotopic (exact) mass is 607 g/mol. The van der Waals surface area contributed by atoms with Gasteiger partial charge in [0.15, 0.2) is 5.82 Å². The van der Waals surface area contributed by atoms with Crippen LogP contribution in [0.1, 0.15) is 74.0 Å². The fourth-order valence-electron chi connectivity index (χ4n) is 8.90. The average molecular weight is 608 g/mol. The SMILES string of the molecule is COc1cc(C(=O)N2[C@H]3CC[C@@H]2[C@H](N)C3)cc2nc(-c3cc4ccc5nc4n3C[C@H]3C[C@H]3CC[C@@H]3C[C@H]3C(=O)N[C@@H]5C)n(C)c12. The number of hydrogen-bond acceptors (Lipinski definition) is 6. The van der Waals surface area contributed by atoms with Gasteiger partial charge >= 0.3 is 0 Å². The molecule has 9 rings (SSSR count). The van der Waals surface area contributed by atoms with Crippen LogP contribution in [-0.2, 0) is 18.4 Å². The lowest BCUT2D eigenvalue weighted by molar-refractivity contribution is -0.123. The maximum Gasteiger partial charge on any atom is 0.254 e. The van der Waals surface area contributed by atoms with E-state index in [0.717, 1.165) is 77.9 Å². The first-order valence-electron chi connectivity index (χ1n) is 16.7. The Bertz CT molecular complexity index is 1890. The molecule has 4 aromatic rings. The number of carbonyl (C=O) groups excluding carboxylic acids is 2. The first-order chi connectivity index (χ1) is 21.8. The number of pyridine rings is 1. The normalized spacial score (nSPS) is 32.0. The lowest BCUT2D eigenvalue weighted by Gasteiger charge is -2.23. The largest absolute Gasteiger partial charge is 0.494 e. The maximum atomic E-state index is 13.8. The number of aryl methyl sites for hydroxylation is 1. The van der Waals surface area contributed by atoms with Crippen molar-refractivity contribution >= 4 is 33.9 Å². The van der Waals surface area contributed by atoms with E-state index in [0.29, 0.717) is 29.1 Å². The lowest BCUT2D eigenvalue weighted by Crippen LogP contribution is -2.40. The van der Waals surface area contributed by atoms with Gasteiger partial charge in [-0.25, -0.2) is 9.97 Å². The molecule has 8 atom stereocenters. The third kappa shape index (κ3) is 4.24. The fourth-order valence-corrected chi connectivity index (χ4v) is 8.90. The summed E-state index contributed by atoms with van der Waals surface area (Å²) in [5.74, 6) is 3.60. The van der Waals surface area contributed by atoms with Crippen molar-refractivity contribution in [3.63, 3.8) is 0 Å². The van der Waals surface area contributed by atoms with Crippen LogP contribution in [0.25, 0.3) is 33.6 Å². The number of imidazole rings is 1. The number of fused-ring (bicyclic) bond motifs is 6. The smallest absolute Gasteiger partial charge is 0.254 e. The van der Waals surface area contributed by atoms with Gasteiger partial charge in [-0.3, -0.25) is 9.59 Å². The van der Waals surface area contributed by atoms with E-state index < -0.39 is 0 Å². The Morgan fingerprint density at radius 1 is 1.02 bits per heavy atom. The van der Waals surface area contributed by atoms with Crippen LogP contribution in [-0.4, -0.2) is 61.1 Å². The van der Waals surface area contributed by atoms with E-state index >= 15 is 0 Å². The Morgan fingerprint density at radius 3 is 2.64 bits per heavy atom. The molecular formula is C35H41N7O3. The molecule has 10 nitrogen and oxygen atoms in total. The Balaban J connectivity index is 1.14. The Labute approximate surface area is 262 Å². The van der Waals surface area contributed by atoms with Crippen molar-refractivity contribution in [2.75, 3.05) is 7.11 Å². The van der Waals surface area contributed by atoms with Crippen LogP contribution < -0.4 is 15.8 Å². The molecule has 10 heteroatoms. The highest BCUT2D eigenvalue weighted by Gasteiger charge is 2.48. The summed E-state index contributed by atoms with van der Waals surface area (Å²) < 4.78 is 10.3. The molecule has 4 fully saturated rings. The van der Waals surface area contributed by atoms with Crippen molar-refractivity contribution in [3.05, 3.63) is 41.6 Å². The third-order valence-corrected chi connectivity index (χ3v) is 11.7. The number of carbonyl (C=O) groups is 2. The predicted molar refractivity (Wildman–Crippen MR) is 171 cm³/mol. The van der Waals surface area contributed by atoms with E-state index in [-0.39, 0.29) is 41.9 Å². The highest BCUT2D eigenvalue weighted by atomic mass is 16.5. The fraction of sp³-hybridized carbons (Fsp3) is 0.543. The van der Waals surface area contributed by atoms with Crippen molar-refractivity contribution in [2.24, 2.45) is 36.5 Å². The van der Waals surface area contributed by atoms with Crippen LogP contribution in [0.3, 0.4) is 0 Å². The van der Waals surface area contributed by atoms with E-state index in [1.807, 2.05) is 37.1 Å². The van der Waals surface area contributed by atoms with Crippen LogP contribution in [0.2, 0.25) is 0 Å². The highest BCUT2D eigenvalue weighted by molar-refractivity contribution is 6.00. The van der Waals surface area contributed by atoms with Crippen LogP contribution in [0.4, 0.5) is 0 Å². The first kappa shape index (κ1) is 27.4. The first-order valence-corrected chi connectivity index (χ1v) is 16.7. The molecule has 45 heavy (non-hydrogen) atoms. The molecule has 0 spiro atoms. The van der Waals surface area contributed by atoms with E-state index in [9.17, 15) is 9.59 Å². The minimum atomic E-state index is -0.164. The van der Waals surface area contributed by atoms with Crippen molar-refractivity contribution in [1.29, 1.82) is 0 Å². The zero-order valence-corrected chi connectivity index (χ0v) is 26.2. The summed E-state index contributed by atoms with van der Waals surface area (Å²) in [5.41, 5.74) is 11.4. The summed E-state index contributed by atoms with van der Waals surface area (Å²) >= 11 is 0. The van der Waals surface area contributed by atoms with Crippen molar-refractivity contribution in [2.45, 2.75) is 82.6 Å². The molecule has 3 N–H and O–H groups in total. The third-order valence-electron chi connectivity index (χ3n) is 11.7. The molecule has 0 radical (unpaired) electrons. The number of nitrogens with one attached hydrogen (secondary N) is 1. The molecule has 6 heterocycles. The summed E-state index contributed by atoms with van der Waals surface area (Å²) in [4.78, 5) is 39.1. The lowest BCUT2D eigenvalue weighted by atomic mass is 9.97. The van der Waals surface area contributed by atoms with Gasteiger partial charge in [-0.2, -0.15) is 0 Å². The number of ether oxygens (including phenoxy) is 1. The molecule has 3 aliphatic heterocycles. The molecule has 2 aliphatic carbocycles. The number of nitrogens with two attached hydrogens (primary N) is 1. The van der Waals surface area contributed by atoms with Crippen molar-refractivity contribution < 1.29 is 14.3 Å². The van der Waals surface area contributed by atoms with Crippen LogP contribution in [0.5, 0.6) is 5.75 Å². The number of hydrogen-bond donors (Lipinski definition) is 2. The van der Waals surface area contributed by atoms with Gasteiger partial charge in [-0.15, -0.1) is 0 Å². The van der Waals surface area contributed by atoms with E-state index in [2.05, 4.69) is 26.6 Å². The number of methoxy groups -OCH3 is 1. The second kappa shape index (κ2) is 9.79. The predicted octanol–water partition coefficient (Wildman–Crippen LogP) is 4.55.